The zero-order chi connectivity index (χ0) is 22.1. The number of hydrogen-bond donors (Lipinski definition) is 2. The number of hydrogen-bond acceptors (Lipinski definition) is 6. The van der Waals surface area contributed by atoms with Crippen LogP contribution in [0.5, 0.6) is 0 Å². The molecule has 2 N–H and O–H groups in total. The fourth-order valence-corrected chi connectivity index (χ4v) is 3.20. The number of nitrogens with zero attached hydrogens (tertiary/aromatic N) is 3. The Morgan fingerprint density at radius 1 is 1.30 bits per heavy atom. The minimum absolute atomic E-state index is 0.149. The van der Waals surface area contributed by atoms with Gasteiger partial charge in [-0.25, -0.2) is 4.79 Å². The molecule has 1 saturated heterocycles. The highest BCUT2D eigenvalue weighted by atomic mass is 35.5. The number of benzene rings is 2. The average Bonchev–Trinajstić information content (AvgIpc) is 2.92. The number of nitriles is 1. The predicted octanol–water partition coefficient (Wildman–Crippen LogP) is 2.53. The van der Waals surface area contributed by atoms with Crippen molar-refractivity contribution in [2.24, 2.45) is 0 Å². The standard InChI is InChI=1S/C19H14ClN5O5/c1-19(12-3-6-14(7-4-12)25(29)30)17(27)24(18(28)23-19)10-16(26)22-13-5-2-11(9-21)15(20)8-13/h2-8H,10H2,1H3,(H,22,26)(H,23,28). The van der Waals surface area contributed by atoms with Crippen molar-refractivity contribution < 1.29 is 19.3 Å². The molecular weight excluding hydrogens is 414 g/mol. The van der Waals surface area contributed by atoms with E-state index in [1.165, 1.54) is 49.4 Å². The van der Waals surface area contributed by atoms with Crippen LogP contribution in [-0.2, 0) is 15.1 Å². The molecule has 152 valence electrons. The Labute approximate surface area is 175 Å². The lowest BCUT2D eigenvalue weighted by atomic mass is 9.92. The molecule has 0 aliphatic carbocycles. The van der Waals surface area contributed by atoms with Crippen molar-refractivity contribution in [2.75, 3.05) is 11.9 Å². The summed E-state index contributed by atoms with van der Waals surface area (Å²) in [5, 5.41) is 24.9. The number of nitro benzene ring substituents is 1. The normalized spacial score (nSPS) is 18.0. The Bertz CT molecular complexity index is 1110. The molecule has 0 aromatic heterocycles. The molecule has 3 rings (SSSR count). The van der Waals surface area contributed by atoms with E-state index in [0.717, 1.165) is 4.90 Å². The third kappa shape index (κ3) is 3.78. The van der Waals surface area contributed by atoms with Crippen molar-refractivity contribution in [1.82, 2.24) is 10.2 Å². The molecule has 0 spiro atoms. The molecule has 10 nitrogen and oxygen atoms in total. The lowest BCUT2D eigenvalue weighted by Crippen LogP contribution is -2.42. The van der Waals surface area contributed by atoms with Crippen LogP contribution in [-0.4, -0.2) is 34.2 Å². The van der Waals surface area contributed by atoms with Crippen LogP contribution in [0.15, 0.2) is 42.5 Å². The second-order valence-corrected chi connectivity index (χ2v) is 7.01. The van der Waals surface area contributed by atoms with Gasteiger partial charge < -0.3 is 10.6 Å². The summed E-state index contributed by atoms with van der Waals surface area (Å²) in [4.78, 5) is 48.5. The largest absolute Gasteiger partial charge is 0.325 e. The quantitative estimate of drug-likeness (QED) is 0.426. The third-order valence-electron chi connectivity index (χ3n) is 4.61. The molecule has 0 radical (unpaired) electrons. The number of rotatable bonds is 5. The summed E-state index contributed by atoms with van der Waals surface area (Å²) in [5.74, 6) is -1.32. The van der Waals surface area contributed by atoms with Crippen LogP contribution >= 0.6 is 11.6 Å². The van der Waals surface area contributed by atoms with Gasteiger partial charge in [-0.1, -0.05) is 11.6 Å². The number of halogens is 1. The molecule has 1 atom stereocenters. The number of carbonyl (C=O) groups excluding carboxylic acids is 3. The lowest BCUT2D eigenvalue weighted by Gasteiger charge is -2.22. The molecule has 0 bridgehead atoms. The highest BCUT2D eigenvalue weighted by Crippen LogP contribution is 2.30. The van der Waals surface area contributed by atoms with Crippen molar-refractivity contribution in [3.63, 3.8) is 0 Å². The van der Waals surface area contributed by atoms with Crippen LogP contribution in [0.4, 0.5) is 16.2 Å². The molecule has 30 heavy (non-hydrogen) atoms. The van der Waals surface area contributed by atoms with Crippen molar-refractivity contribution >= 4 is 40.8 Å². The van der Waals surface area contributed by atoms with Gasteiger partial charge >= 0.3 is 6.03 Å². The first kappa shape index (κ1) is 20.8. The van der Waals surface area contributed by atoms with Gasteiger partial charge in [-0.2, -0.15) is 5.26 Å². The number of nitrogens with one attached hydrogen (secondary N) is 2. The maximum atomic E-state index is 12.9. The van der Waals surface area contributed by atoms with Gasteiger partial charge in [0.25, 0.3) is 11.6 Å². The summed E-state index contributed by atoms with van der Waals surface area (Å²) in [6, 6.07) is 10.6. The molecule has 1 aliphatic rings. The first-order valence-electron chi connectivity index (χ1n) is 8.54. The van der Waals surface area contributed by atoms with Gasteiger partial charge in [-0.3, -0.25) is 24.6 Å². The number of non-ortho nitro benzene ring substituents is 1. The van der Waals surface area contributed by atoms with E-state index >= 15 is 0 Å². The summed E-state index contributed by atoms with van der Waals surface area (Å²) < 4.78 is 0. The van der Waals surface area contributed by atoms with Crippen LogP contribution in [0, 0.1) is 21.4 Å². The monoisotopic (exact) mass is 427 g/mol. The van der Waals surface area contributed by atoms with E-state index in [2.05, 4.69) is 10.6 Å². The Balaban J connectivity index is 1.74. The second kappa shape index (κ2) is 7.81. The summed E-state index contributed by atoms with van der Waals surface area (Å²) in [5.41, 5.74) is -0.744. The molecule has 1 unspecified atom stereocenters. The second-order valence-electron chi connectivity index (χ2n) is 6.61. The number of urea groups is 1. The molecule has 11 heteroatoms. The minimum atomic E-state index is -1.47. The first-order chi connectivity index (χ1) is 14.2. The van der Waals surface area contributed by atoms with Gasteiger partial charge in [-0.05, 0) is 42.8 Å². The van der Waals surface area contributed by atoms with E-state index in [0.29, 0.717) is 11.3 Å². The third-order valence-corrected chi connectivity index (χ3v) is 4.92. The van der Waals surface area contributed by atoms with Gasteiger partial charge in [0.2, 0.25) is 5.91 Å². The minimum Gasteiger partial charge on any atom is -0.324 e. The number of amides is 4. The Kier molecular flexibility index (Phi) is 5.40. The average molecular weight is 428 g/mol. The Morgan fingerprint density at radius 2 is 1.97 bits per heavy atom. The smallest absolute Gasteiger partial charge is 0.324 e. The maximum Gasteiger partial charge on any atom is 0.325 e. The van der Waals surface area contributed by atoms with E-state index in [1.807, 2.05) is 6.07 Å². The van der Waals surface area contributed by atoms with Crippen LogP contribution < -0.4 is 10.6 Å². The molecule has 1 heterocycles. The van der Waals surface area contributed by atoms with E-state index in [4.69, 9.17) is 16.9 Å². The molecule has 2 aromatic carbocycles. The Morgan fingerprint density at radius 3 is 2.53 bits per heavy atom. The maximum absolute atomic E-state index is 12.9. The number of nitro groups is 1. The molecular formula is C19H14ClN5O5. The topological polar surface area (TPSA) is 145 Å². The van der Waals surface area contributed by atoms with Crippen LogP contribution in [0.1, 0.15) is 18.1 Å². The summed E-state index contributed by atoms with van der Waals surface area (Å²) in [6.07, 6.45) is 0. The van der Waals surface area contributed by atoms with Gasteiger partial charge in [0, 0.05) is 17.8 Å². The first-order valence-corrected chi connectivity index (χ1v) is 8.92. The van der Waals surface area contributed by atoms with Gasteiger partial charge in [0.15, 0.2) is 0 Å². The molecule has 1 fully saturated rings. The Hall–Kier alpha value is -3.97. The van der Waals surface area contributed by atoms with E-state index in [1.54, 1.807) is 0 Å². The molecule has 2 aromatic rings. The molecule has 4 amide bonds. The van der Waals surface area contributed by atoms with E-state index < -0.39 is 34.9 Å². The molecule has 1 aliphatic heterocycles. The number of anilines is 1. The van der Waals surface area contributed by atoms with Gasteiger partial charge in [0.1, 0.15) is 18.2 Å². The highest BCUT2D eigenvalue weighted by Gasteiger charge is 2.49. The predicted molar refractivity (Wildman–Crippen MR) is 105 cm³/mol. The SMILES string of the molecule is CC1(c2ccc([N+](=O)[O-])cc2)NC(=O)N(CC(=O)Nc2ccc(C#N)c(Cl)c2)C1=O. The number of imide groups is 1. The summed E-state index contributed by atoms with van der Waals surface area (Å²) in [6.45, 7) is 0.900. The van der Waals surface area contributed by atoms with Gasteiger partial charge in [-0.15, -0.1) is 0 Å². The van der Waals surface area contributed by atoms with Crippen LogP contribution in [0.2, 0.25) is 5.02 Å². The number of carbonyl (C=O) groups is 3. The zero-order valence-electron chi connectivity index (χ0n) is 15.5. The summed E-state index contributed by atoms with van der Waals surface area (Å²) in [7, 11) is 0. The van der Waals surface area contributed by atoms with Crippen molar-refractivity contribution in [1.29, 1.82) is 5.26 Å². The van der Waals surface area contributed by atoms with Crippen LogP contribution in [0.3, 0.4) is 0 Å². The van der Waals surface area contributed by atoms with E-state index in [-0.39, 0.29) is 16.3 Å². The van der Waals surface area contributed by atoms with E-state index in [9.17, 15) is 24.5 Å². The molecule has 0 saturated carbocycles. The van der Waals surface area contributed by atoms with Crippen LogP contribution in [0.25, 0.3) is 0 Å². The fraction of sp³-hybridized carbons (Fsp3) is 0.158. The lowest BCUT2D eigenvalue weighted by molar-refractivity contribution is -0.384. The van der Waals surface area contributed by atoms with Crippen molar-refractivity contribution in [3.05, 3.63) is 68.7 Å². The highest BCUT2D eigenvalue weighted by molar-refractivity contribution is 6.32. The van der Waals surface area contributed by atoms with Gasteiger partial charge in [0.05, 0.1) is 15.5 Å². The summed E-state index contributed by atoms with van der Waals surface area (Å²) >= 11 is 5.92. The van der Waals surface area contributed by atoms with Crippen molar-refractivity contribution in [3.8, 4) is 6.07 Å². The van der Waals surface area contributed by atoms with Crippen molar-refractivity contribution in [2.45, 2.75) is 12.5 Å². The fourth-order valence-electron chi connectivity index (χ4n) is 2.98. The zero-order valence-corrected chi connectivity index (χ0v) is 16.3.